The standard InChI is InChI=1S/C17H21N3O2/c1-9(2)15-14(10(3)19-20-15)17(22)18-16-12-7-5-4-6-11(12)8-13(16)21/h4-7,9,13,16,21H,8H2,1-3H3,(H,18,22)(H,19,20)/t13-,16-/m1/s1. The first-order valence-corrected chi connectivity index (χ1v) is 7.60. The molecule has 0 spiro atoms. The molecule has 3 N–H and O–H groups in total. The highest BCUT2D eigenvalue weighted by Gasteiger charge is 2.33. The number of nitrogens with zero attached hydrogens (tertiary/aromatic N) is 1. The van der Waals surface area contributed by atoms with E-state index in [1.807, 2.05) is 45.0 Å². The number of carbonyl (C=O) groups excluding carboxylic acids is 1. The number of amides is 1. The highest BCUT2D eigenvalue weighted by molar-refractivity contribution is 5.97. The van der Waals surface area contributed by atoms with Crippen LogP contribution in [0, 0.1) is 6.92 Å². The minimum Gasteiger partial charge on any atom is -0.390 e. The Labute approximate surface area is 129 Å². The molecule has 2 atom stereocenters. The molecule has 0 radical (unpaired) electrons. The van der Waals surface area contributed by atoms with Crippen LogP contribution in [0.3, 0.4) is 0 Å². The highest BCUT2D eigenvalue weighted by atomic mass is 16.3. The molecule has 1 aromatic heterocycles. The molecule has 5 heteroatoms. The lowest BCUT2D eigenvalue weighted by atomic mass is 10.0. The van der Waals surface area contributed by atoms with Crippen LogP contribution in [-0.2, 0) is 6.42 Å². The summed E-state index contributed by atoms with van der Waals surface area (Å²) in [5.41, 5.74) is 4.19. The molecule has 0 bridgehead atoms. The average molecular weight is 299 g/mol. The number of H-pyrrole nitrogens is 1. The third-order valence-corrected chi connectivity index (χ3v) is 4.24. The SMILES string of the molecule is Cc1[nH]nc(C(C)C)c1C(=O)N[C@@H]1c2ccccc2C[C@H]1O. The van der Waals surface area contributed by atoms with E-state index in [4.69, 9.17) is 0 Å². The van der Waals surface area contributed by atoms with Gasteiger partial charge in [0.15, 0.2) is 0 Å². The minimum absolute atomic E-state index is 0.159. The van der Waals surface area contributed by atoms with Gasteiger partial charge in [-0.3, -0.25) is 9.89 Å². The normalized spacial score (nSPS) is 20.2. The van der Waals surface area contributed by atoms with E-state index in [0.29, 0.717) is 12.0 Å². The van der Waals surface area contributed by atoms with E-state index >= 15 is 0 Å². The summed E-state index contributed by atoms with van der Waals surface area (Å²) < 4.78 is 0. The number of nitrogens with one attached hydrogen (secondary N) is 2. The van der Waals surface area contributed by atoms with E-state index in [-0.39, 0.29) is 17.9 Å². The monoisotopic (exact) mass is 299 g/mol. The van der Waals surface area contributed by atoms with Gasteiger partial charge in [0.05, 0.1) is 23.4 Å². The zero-order valence-corrected chi connectivity index (χ0v) is 13.1. The fourth-order valence-corrected chi connectivity index (χ4v) is 3.11. The van der Waals surface area contributed by atoms with Crippen LogP contribution in [-0.4, -0.2) is 27.3 Å². The Morgan fingerprint density at radius 1 is 1.41 bits per heavy atom. The third-order valence-electron chi connectivity index (χ3n) is 4.24. The first kappa shape index (κ1) is 14.8. The lowest BCUT2D eigenvalue weighted by Crippen LogP contribution is -2.34. The topological polar surface area (TPSA) is 78.0 Å². The molecular weight excluding hydrogens is 278 g/mol. The molecule has 0 fully saturated rings. The summed E-state index contributed by atoms with van der Waals surface area (Å²) in [7, 11) is 0. The Kier molecular flexibility index (Phi) is 3.74. The molecule has 1 amide bonds. The Morgan fingerprint density at radius 2 is 2.14 bits per heavy atom. The summed E-state index contributed by atoms with van der Waals surface area (Å²) in [5.74, 6) is -0.0257. The first-order chi connectivity index (χ1) is 10.5. The van der Waals surface area contributed by atoms with Gasteiger partial charge in [0, 0.05) is 12.1 Å². The summed E-state index contributed by atoms with van der Waals surface area (Å²) in [5, 5.41) is 20.3. The lowest BCUT2D eigenvalue weighted by Gasteiger charge is -2.18. The second-order valence-electron chi connectivity index (χ2n) is 6.18. The van der Waals surface area contributed by atoms with Crippen LogP contribution in [0.15, 0.2) is 24.3 Å². The van der Waals surface area contributed by atoms with Crippen molar-refractivity contribution >= 4 is 5.91 Å². The van der Waals surface area contributed by atoms with Crippen molar-refractivity contribution in [1.29, 1.82) is 0 Å². The maximum Gasteiger partial charge on any atom is 0.255 e. The second kappa shape index (κ2) is 5.57. The summed E-state index contributed by atoms with van der Waals surface area (Å²) in [6, 6.07) is 7.47. The van der Waals surface area contributed by atoms with E-state index < -0.39 is 6.10 Å². The second-order valence-corrected chi connectivity index (χ2v) is 6.18. The molecule has 3 rings (SSSR count). The van der Waals surface area contributed by atoms with Crippen LogP contribution in [0.25, 0.3) is 0 Å². The average Bonchev–Trinajstić information content (AvgIpc) is 3.00. The van der Waals surface area contributed by atoms with Crippen molar-refractivity contribution in [3.63, 3.8) is 0 Å². The summed E-state index contributed by atoms with van der Waals surface area (Å²) in [4.78, 5) is 12.7. The summed E-state index contributed by atoms with van der Waals surface area (Å²) in [6.07, 6.45) is -0.0150. The first-order valence-electron chi connectivity index (χ1n) is 7.60. The van der Waals surface area contributed by atoms with Crippen LogP contribution < -0.4 is 5.32 Å². The number of carbonyl (C=O) groups is 1. The quantitative estimate of drug-likeness (QED) is 0.813. The fraction of sp³-hybridized carbons (Fsp3) is 0.412. The van der Waals surface area contributed by atoms with Crippen LogP contribution >= 0.6 is 0 Å². The Hall–Kier alpha value is -2.14. The molecule has 1 aliphatic rings. The number of aliphatic hydroxyl groups excluding tert-OH is 1. The summed E-state index contributed by atoms with van der Waals surface area (Å²) in [6.45, 7) is 5.85. The number of aromatic nitrogens is 2. The molecule has 22 heavy (non-hydrogen) atoms. The Bertz CT molecular complexity index is 706. The van der Waals surface area contributed by atoms with Gasteiger partial charge < -0.3 is 10.4 Å². The smallest absolute Gasteiger partial charge is 0.255 e. The van der Waals surface area contributed by atoms with Gasteiger partial charge in [-0.05, 0) is 24.0 Å². The zero-order valence-electron chi connectivity index (χ0n) is 13.1. The molecule has 1 aliphatic carbocycles. The van der Waals surface area contributed by atoms with Gasteiger partial charge in [-0.15, -0.1) is 0 Å². The van der Waals surface area contributed by atoms with Crippen molar-refractivity contribution < 1.29 is 9.90 Å². The van der Waals surface area contributed by atoms with Crippen LogP contribution in [0.4, 0.5) is 0 Å². The lowest BCUT2D eigenvalue weighted by molar-refractivity contribution is 0.0856. The van der Waals surface area contributed by atoms with Crippen molar-refractivity contribution in [3.05, 3.63) is 52.3 Å². The van der Waals surface area contributed by atoms with Gasteiger partial charge in [0.2, 0.25) is 0 Å². The highest BCUT2D eigenvalue weighted by Crippen LogP contribution is 2.32. The number of fused-ring (bicyclic) bond motifs is 1. The molecular formula is C17H21N3O2. The van der Waals surface area contributed by atoms with Crippen LogP contribution in [0.5, 0.6) is 0 Å². The number of benzene rings is 1. The zero-order chi connectivity index (χ0) is 15.9. The molecule has 0 unspecified atom stereocenters. The maximum atomic E-state index is 12.7. The van der Waals surface area contributed by atoms with E-state index in [9.17, 15) is 9.90 Å². The van der Waals surface area contributed by atoms with Gasteiger partial charge in [0.1, 0.15) is 0 Å². The number of aromatic amines is 1. The molecule has 1 heterocycles. The van der Waals surface area contributed by atoms with Gasteiger partial charge in [-0.2, -0.15) is 5.10 Å². The van der Waals surface area contributed by atoms with Gasteiger partial charge >= 0.3 is 0 Å². The number of aryl methyl sites for hydroxylation is 1. The molecule has 116 valence electrons. The fourth-order valence-electron chi connectivity index (χ4n) is 3.11. The molecule has 0 saturated carbocycles. The van der Waals surface area contributed by atoms with E-state index in [1.54, 1.807) is 0 Å². The maximum absolute atomic E-state index is 12.7. The molecule has 2 aromatic rings. The predicted octanol–water partition coefficient (Wildman–Crippen LogP) is 2.23. The number of aliphatic hydroxyl groups is 1. The number of hydrogen-bond donors (Lipinski definition) is 3. The van der Waals surface area contributed by atoms with Gasteiger partial charge in [0.25, 0.3) is 5.91 Å². The minimum atomic E-state index is -0.587. The van der Waals surface area contributed by atoms with Crippen molar-refractivity contribution in [1.82, 2.24) is 15.5 Å². The van der Waals surface area contributed by atoms with Crippen molar-refractivity contribution in [2.24, 2.45) is 0 Å². The van der Waals surface area contributed by atoms with Crippen LogP contribution in [0.2, 0.25) is 0 Å². The molecule has 0 saturated heterocycles. The van der Waals surface area contributed by atoms with Gasteiger partial charge in [-0.25, -0.2) is 0 Å². The van der Waals surface area contributed by atoms with Crippen molar-refractivity contribution in [3.8, 4) is 0 Å². The van der Waals surface area contributed by atoms with E-state index in [1.165, 1.54) is 0 Å². The van der Waals surface area contributed by atoms with Crippen molar-refractivity contribution in [2.45, 2.75) is 45.3 Å². The molecule has 1 aromatic carbocycles. The van der Waals surface area contributed by atoms with E-state index in [2.05, 4.69) is 15.5 Å². The Morgan fingerprint density at radius 3 is 2.86 bits per heavy atom. The Balaban J connectivity index is 1.88. The van der Waals surface area contributed by atoms with Crippen LogP contribution in [0.1, 0.15) is 58.7 Å². The predicted molar refractivity (Wildman–Crippen MR) is 83.8 cm³/mol. The van der Waals surface area contributed by atoms with Crippen molar-refractivity contribution in [2.75, 3.05) is 0 Å². The number of hydrogen-bond acceptors (Lipinski definition) is 3. The van der Waals surface area contributed by atoms with E-state index in [0.717, 1.165) is 22.5 Å². The van der Waals surface area contributed by atoms with Gasteiger partial charge in [-0.1, -0.05) is 38.1 Å². The summed E-state index contributed by atoms with van der Waals surface area (Å²) >= 11 is 0. The largest absolute Gasteiger partial charge is 0.390 e. The number of rotatable bonds is 3. The molecule has 0 aliphatic heterocycles. The molecule has 5 nitrogen and oxygen atoms in total. The third kappa shape index (κ3) is 2.41.